The van der Waals surface area contributed by atoms with E-state index in [1.807, 2.05) is 83.3 Å². The van der Waals surface area contributed by atoms with Crippen LogP contribution in [0.15, 0.2) is 177 Å². The van der Waals surface area contributed by atoms with E-state index >= 15 is 0 Å². The van der Waals surface area contributed by atoms with Gasteiger partial charge in [-0.1, -0.05) is 66.7 Å². The zero-order valence-electron chi connectivity index (χ0n) is 68.7. The van der Waals surface area contributed by atoms with Crippen LogP contribution in [0.25, 0.3) is 111 Å². The first-order valence-corrected chi connectivity index (χ1v) is 41.0. The highest BCUT2D eigenvalue weighted by Gasteiger charge is 2.27. The second-order valence-electron chi connectivity index (χ2n) is 29.6. The third-order valence-electron chi connectivity index (χ3n) is 21.3. The van der Waals surface area contributed by atoms with Gasteiger partial charge in [0.25, 0.3) is 0 Å². The number of nitrogens with zero attached hydrogens (tertiary/aromatic N) is 25. The number of nitrogens with one attached hydrogen (secondary N) is 1. The van der Waals surface area contributed by atoms with Gasteiger partial charge in [-0.05, 0) is 72.3 Å². The summed E-state index contributed by atoms with van der Waals surface area (Å²) in [5, 5.41) is 87.3. The van der Waals surface area contributed by atoms with E-state index in [-0.39, 0.29) is 35.4 Å². The second kappa shape index (κ2) is 38.8. The Labute approximate surface area is 715 Å². The fourth-order valence-corrected chi connectivity index (χ4v) is 14.9. The molecular formula is C87H92N26O12. The molecule has 16 heterocycles. The zero-order valence-corrected chi connectivity index (χ0v) is 68.7. The summed E-state index contributed by atoms with van der Waals surface area (Å²) in [5.41, 5.74) is 12.6. The maximum absolute atomic E-state index is 9.97. The maximum Gasteiger partial charge on any atom is 0.228 e. The molecule has 5 saturated heterocycles. The van der Waals surface area contributed by atoms with Crippen molar-refractivity contribution in [1.82, 2.24) is 104 Å². The minimum absolute atomic E-state index is 0.0187. The van der Waals surface area contributed by atoms with Crippen LogP contribution < -0.4 is 24.5 Å². The number of phenolic OH excluding ortho intramolecular Hbond substituents is 5. The topological polar surface area (TPSA) is 435 Å². The van der Waals surface area contributed by atoms with Gasteiger partial charge in [-0.3, -0.25) is 14.8 Å². The van der Waals surface area contributed by atoms with Crippen molar-refractivity contribution in [3.8, 4) is 85.0 Å². The third kappa shape index (κ3) is 19.3. The molecule has 7 N–H and O–H groups in total. The summed E-state index contributed by atoms with van der Waals surface area (Å²) >= 11 is 0. The van der Waals surface area contributed by atoms with Gasteiger partial charge in [0.15, 0.2) is 28.2 Å². The largest absolute Gasteiger partial charge is 0.508 e. The number of aromatic amines is 1. The number of pyridine rings is 1. The number of aliphatic hydroxyl groups is 1. The molecular weight excluding hydrogens is 1600 g/mol. The Morgan fingerprint density at radius 3 is 1.03 bits per heavy atom. The molecule has 0 saturated carbocycles. The Kier molecular flexibility index (Phi) is 25.8. The van der Waals surface area contributed by atoms with E-state index in [9.17, 15) is 30.6 Å². The molecule has 5 aliphatic heterocycles. The van der Waals surface area contributed by atoms with Crippen molar-refractivity contribution in [1.29, 1.82) is 0 Å². The van der Waals surface area contributed by atoms with Gasteiger partial charge in [-0.2, -0.15) is 50.4 Å². The maximum atomic E-state index is 9.97. The normalized spacial score (nSPS) is 15.0. The van der Waals surface area contributed by atoms with Crippen molar-refractivity contribution >= 4 is 84.9 Å². The first kappa shape index (κ1) is 83.0. The summed E-state index contributed by atoms with van der Waals surface area (Å²) in [6.45, 7) is 16.1. The molecule has 0 atom stereocenters. The molecule has 0 spiro atoms. The number of aliphatic hydroxyl groups excluding tert-OH is 1. The average molecular weight is 1690 g/mol. The highest BCUT2D eigenvalue weighted by molar-refractivity contribution is 5.95. The molecule has 0 aliphatic carbocycles. The Morgan fingerprint density at radius 1 is 0.352 bits per heavy atom. The van der Waals surface area contributed by atoms with Crippen LogP contribution in [-0.2, 0) is 55.1 Å². The van der Waals surface area contributed by atoms with Crippen LogP contribution in [0.5, 0.6) is 28.7 Å². The SMILES string of the molecule is COCCn1ncc2c(-c3cccc(O)c3)nc(N3CCOCC3)nc21.Cn1ncc2c(-c3cccc(O)c3)nc(N3CCOCC3)nc21.OCCn1ncc2c(-c3cccc(O)c3)nc(N3CCOCC3)nc21.Oc1cccc(-c2nc(N3CCOCC3)nc3[nH]ncc23)c1.Oc1cccc(-c2nc(N3CCOCC3)nc3c2cnn3Cc2cccnc2)c1. The fraction of sp³-hybridized carbons (Fsp3) is 0.310. The number of aromatic nitrogens is 21. The first-order chi connectivity index (χ1) is 61.3. The highest BCUT2D eigenvalue weighted by atomic mass is 16.5. The summed E-state index contributed by atoms with van der Waals surface area (Å²) in [6.07, 6.45) is 12.3. The standard InChI is InChI=1S/C21H20N6O2.C18H21N5O3.C17H19N5O3.C16H17N5O2.C15H15N5O2/c28-17-5-1-4-16(11-17)19-18-13-23-27(14-15-3-2-6-22-12-15)20(18)25-21(24-19)26-7-9-29-10-8-26;1-25-8-7-23-17-15(12-19-23)16(13-3-2-4-14(24)11-13)20-18(21-17)22-5-9-26-10-6-22;23-7-4-22-16-14(11-18-22)15(12-2-1-3-13(24)10-12)19-17(20-16)21-5-8-25-9-6-21;1-20-15-13(10-17-20)14(11-3-2-4-12(22)9-11)18-16(19-15)21-5-7-23-8-6-21;21-11-3-1-2-10(8-11)13-12-9-16-19-14(12)18-15(17-13)20-4-6-22-7-5-20/h1-6,11-13,28H,7-10,14H2;2-4,11-12,24H,5-10H2,1H3;1-3,10-11,23-24H,4-9H2;2-4,9-10,22H,5-8H2,1H3;1-3,8-9,21H,4-7H2,(H,16,17,18,19). The predicted molar refractivity (Wildman–Crippen MR) is 467 cm³/mol. The van der Waals surface area contributed by atoms with E-state index in [1.54, 1.807) is 126 Å². The van der Waals surface area contributed by atoms with Gasteiger partial charge in [0.1, 0.15) is 28.7 Å². The van der Waals surface area contributed by atoms with Gasteiger partial charge in [-0.25, -0.2) is 39.0 Å². The summed E-state index contributed by atoms with van der Waals surface area (Å²) in [7, 11) is 3.53. The minimum Gasteiger partial charge on any atom is -0.508 e. The quantitative estimate of drug-likeness (QED) is 0.0450. The van der Waals surface area contributed by atoms with E-state index in [0.717, 1.165) is 165 Å². The number of phenols is 5. The lowest BCUT2D eigenvalue weighted by Crippen LogP contribution is -2.37. The van der Waals surface area contributed by atoms with E-state index < -0.39 is 0 Å². The molecule has 125 heavy (non-hydrogen) atoms. The lowest BCUT2D eigenvalue weighted by molar-refractivity contribution is 0.122. The van der Waals surface area contributed by atoms with Crippen LogP contribution in [0.2, 0.25) is 0 Å². The molecule has 5 fully saturated rings. The van der Waals surface area contributed by atoms with Gasteiger partial charge < -0.3 is 83.6 Å². The lowest BCUT2D eigenvalue weighted by Gasteiger charge is -2.27. The van der Waals surface area contributed by atoms with Crippen LogP contribution in [-0.4, -0.2) is 287 Å². The van der Waals surface area contributed by atoms with Crippen molar-refractivity contribution in [3.63, 3.8) is 0 Å². The molecule has 16 aromatic rings. The molecule has 11 aromatic heterocycles. The number of aromatic hydroxyl groups is 5. The Balaban J connectivity index is 0.000000111. The molecule has 0 radical (unpaired) electrons. The molecule has 38 nitrogen and oxygen atoms in total. The van der Waals surface area contributed by atoms with Crippen LogP contribution in [0, 0.1) is 0 Å². The Bertz CT molecular complexity index is 6360. The number of methoxy groups -OCH3 is 1. The van der Waals surface area contributed by atoms with Gasteiger partial charge in [0.05, 0.1) is 185 Å². The third-order valence-corrected chi connectivity index (χ3v) is 21.3. The number of aryl methyl sites for hydroxylation is 1. The van der Waals surface area contributed by atoms with Crippen LogP contribution in [0.1, 0.15) is 5.56 Å². The molecule has 0 unspecified atom stereocenters. The number of hydrogen-bond acceptors (Lipinski definition) is 33. The van der Waals surface area contributed by atoms with Crippen molar-refractivity contribution in [2.24, 2.45) is 7.05 Å². The average Bonchev–Trinajstić information content (AvgIpc) is 1.72. The van der Waals surface area contributed by atoms with Crippen LogP contribution in [0.3, 0.4) is 0 Å². The molecule has 21 rings (SSSR count). The molecule has 642 valence electrons. The van der Waals surface area contributed by atoms with Crippen LogP contribution >= 0.6 is 0 Å². The number of rotatable bonds is 17. The van der Waals surface area contributed by atoms with E-state index in [0.29, 0.717) is 139 Å². The van der Waals surface area contributed by atoms with Gasteiger partial charge >= 0.3 is 0 Å². The van der Waals surface area contributed by atoms with E-state index in [4.69, 9.17) is 63.3 Å². The van der Waals surface area contributed by atoms with Crippen molar-refractivity contribution in [3.05, 3.63) is 182 Å². The van der Waals surface area contributed by atoms with Gasteiger partial charge in [0, 0.05) is 120 Å². The number of benzene rings is 5. The monoisotopic (exact) mass is 1690 g/mol. The molecule has 5 aromatic carbocycles. The summed E-state index contributed by atoms with van der Waals surface area (Å²) in [5.74, 6) is 4.23. The molecule has 38 heteroatoms. The molecule has 0 bridgehead atoms. The number of hydrogen-bond donors (Lipinski definition) is 7. The second-order valence-corrected chi connectivity index (χ2v) is 29.6. The lowest BCUT2D eigenvalue weighted by atomic mass is 10.1. The number of H-pyrrole nitrogens is 1. The van der Waals surface area contributed by atoms with Crippen molar-refractivity contribution in [2.45, 2.75) is 19.6 Å². The Hall–Kier alpha value is -14.3. The van der Waals surface area contributed by atoms with E-state index in [1.165, 1.54) is 0 Å². The number of morpholine rings is 5. The highest BCUT2D eigenvalue weighted by Crippen LogP contribution is 2.37. The number of ether oxygens (including phenoxy) is 6. The summed E-state index contributed by atoms with van der Waals surface area (Å²) < 4.78 is 39.4. The predicted octanol–water partition coefficient (Wildman–Crippen LogP) is 8.32. The molecule has 0 amide bonds. The summed E-state index contributed by atoms with van der Waals surface area (Å²) in [4.78, 5) is 62.0. The van der Waals surface area contributed by atoms with Crippen LogP contribution in [0.4, 0.5) is 29.7 Å². The van der Waals surface area contributed by atoms with Gasteiger partial charge in [0.2, 0.25) is 29.7 Å². The van der Waals surface area contributed by atoms with E-state index in [2.05, 4.69) is 75.0 Å². The zero-order chi connectivity index (χ0) is 85.5. The van der Waals surface area contributed by atoms with Gasteiger partial charge in [-0.15, -0.1) is 0 Å². The summed E-state index contributed by atoms with van der Waals surface area (Å²) in [6, 6.07) is 39.2. The van der Waals surface area contributed by atoms with Crippen molar-refractivity contribution in [2.75, 3.05) is 176 Å². The molecule has 5 aliphatic rings. The van der Waals surface area contributed by atoms with Crippen molar-refractivity contribution < 1.29 is 59.1 Å². The minimum atomic E-state index is -0.0187. The first-order valence-electron chi connectivity index (χ1n) is 41.0. The Morgan fingerprint density at radius 2 is 0.680 bits per heavy atom. The number of fused-ring (bicyclic) bond motifs is 5. The smallest absolute Gasteiger partial charge is 0.228 e. The number of anilines is 5. The fourth-order valence-electron chi connectivity index (χ4n) is 14.9.